The Labute approximate surface area is 79.0 Å². The van der Waals surface area contributed by atoms with Gasteiger partial charge in [0.25, 0.3) is 0 Å². The first-order valence-electron chi connectivity index (χ1n) is 4.72. The Bertz CT molecular complexity index is 280. The minimum Gasteiger partial charge on any atom is -0.327 e. The quantitative estimate of drug-likeness (QED) is 0.583. The van der Waals surface area contributed by atoms with E-state index in [9.17, 15) is 0 Å². The van der Waals surface area contributed by atoms with Crippen molar-refractivity contribution in [1.29, 1.82) is 0 Å². The van der Waals surface area contributed by atoms with Gasteiger partial charge in [0.15, 0.2) is 0 Å². The third-order valence-electron chi connectivity index (χ3n) is 2.66. The molecule has 13 heavy (non-hydrogen) atoms. The molecular formula is C11H16N2. The average molecular weight is 176 g/mol. The lowest BCUT2D eigenvalue weighted by Crippen LogP contribution is -2.30. The second-order valence-corrected chi connectivity index (χ2v) is 4.25. The molecule has 0 aliphatic heterocycles. The van der Waals surface area contributed by atoms with Crippen molar-refractivity contribution in [2.24, 2.45) is 11.5 Å². The number of hydrogen-bond acceptors (Lipinski definition) is 2. The van der Waals surface area contributed by atoms with Gasteiger partial charge in [0.2, 0.25) is 0 Å². The third-order valence-corrected chi connectivity index (χ3v) is 2.66. The van der Waals surface area contributed by atoms with Gasteiger partial charge in [-0.15, -0.1) is 0 Å². The summed E-state index contributed by atoms with van der Waals surface area (Å²) in [7, 11) is 0. The number of hydrogen-bond donors (Lipinski definition) is 2. The van der Waals surface area contributed by atoms with Gasteiger partial charge in [0.05, 0.1) is 5.54 Å². The molecule has 0 fully saturated rings. The van der Waals surface area contributed by atoms with E-state index < -0.39 is 0 Å². The summed E-state index contributed by atoms with van der Waals surface area (Å²) in [5.74, 6) is 0. The summed E-state index contributed by atoms with van der Waals surface area (Å²) in [6, 6.07) is 0.307. The summed E-state index contributed by atoms with van der Waals surface area (Å²) in [5, 5.41) is 0. The fourth-order valence-electron chi connectivity index (χ4n) is 1.87. The van der Waals surface area contributed by atoms with Crippen LogP contribution >= 0.6 is 0 Å². The zero-order valence-electron chi connectivity index (χ0n) is 7.96. The number of allylic oxidation sites excluding steroid dienone is 2. The lowest BCUT2D eigenvalue weighted by atomic mass is 10.0. The summed E-state index contributed by atoms with van der Waals surface area (Å²) in [6.07, 6.45) is 10.3. The molecule has 0 spiro atoms. The van der Waals surface area contributed by atoms with Crippen molar-refractivity contribution in [3.05, 3.63) is 35.5 Å². The zero-order chi connectivity index (χ0) is 9.47. The van der Waals surface area contributed by atoms with Gasteiger partial charge in [0, 0.05) is 6.04 Å². The molecule has 0 heterocycles. The molecular weight excluding hydrogens is 160 g/mol. The lowest BCUT2D eigenvalue weighted by molar-refractivity contribution is 0.707. The van der Waals surface area contributed by atoms with E-state index in [0.717, 1.165) is 12.8 Å². The highest BCUT2D eigenvalue weighted by Gasteiger charge is 2.21. The maximum Gasteiger partial charge on any atom is 0.0502 e. The molecule has 4 N–H and O–H groups in total. The molecule has 0 saturated carbocycles. The van der Waals surface area contributed by atoms with E-state index in [1.807, 2.05) is 19.1 Å². The topological polar surface area (TPSA) is 52.0 Å². The first-order chi connectivity index (χ1) is 6.07. The normalized spacial score (nSPS) is 26.4. The van der Waals surface area contributed by atoms with E-state index in [0.29, 0.717) is 6.04 Å². The van der Waals surface area contributed by atoms with Crippen LogP contribution in [0.1, 0.15) is 19.8 Å². The Hall–Kier alpha value is -0.860. The Kier molecular flexibility index (Phi) is 1.90. The van der Waals surface area contributed by atoms with E-state index >= 15 is 0 Å². The molecule has 0 atom stereocenters. The van der Waals surface area contributed by atoms with Crippen molar-refractivity contribution in [3.8, 4) is 0 Å². The van der Waals surface area contributed by atoms with Crippen LogP contribution in [-0.2, 0) is 0 Å². The Balaban J connectivity index is 2.29. The second kappa shape index (κ2) is 2.82. The van der Waals surface area contributed by atoms with Crippen LogP contribution in [-0.4, -0.2) is 11.6 Å². The van der Waals surface area contributed by atoms with Crippen molar-refractivity contribution in [2.75, 3.05) is 0 Å². The fourth-order valence-corrected chi connectivity index (χ4v) is 1.87. The molecule has 2 nitrogen and oxygen atoms in total. The summed E-state index contributed by atoms with van der Waals surface area (Å²) in [4.78, 5) is 0. The Morgan fingerprint density at radius 1 is 1.23 bits per heavy atom. The van der Waals surface area contributed by atoms with Crippen LogP contribution in [0, 0.1) is 0 Å². The highest BCUT2D eigenvalue weighted by molar-refractivity contribution is 5.43. The maximum atomic E-state index is 5.98. The molecule has 2 aliphatic rings. The predicted octanol–water partition coefficient (Wildman–Crippen LogP) is 1.25. The van der Waals surface area contributed by atoms with E-state index in [1.165, 1.54) is 11.1 Å². The molecule has 0 bridgehead atoms. The molecule has 0 amide bonds. The highest BCUT2D eigenvalue weighted by Crippen LogP contribution is 2.30. The van der Waals surface area contributed by atoms with Crippen molar-refractivity contribution >= 4 is 0 Å². The standard InChI is InChI=1S/C11H16N2/c1-11(13)4-2-8-6-10(12)7-9(8)3-5-11/h2-5,10H,6-7,12-13H2,1H3. The van der Waals surface area contributed by atoms with E-state index in [1.54, 1.807) is 0 Å². The fraction of sp³-hybridized carbons (Fsp3) is 0.455. The van der Waals surface area contributed by atoms with Crippen molar-refractivity contribution in [2.45, 2.75) is 31.3 Å². The molecule has 0 aromatic rings. The molecule has 70 valence electrons. The van der Waals surface area contributed by atoms with Gasteiger partial charge in [-0.25, -0.2) is 0 Å². The second-order valence-electron chi connectivity index (χ2n) is 4.25. The van der Waals surface area contributed by atoms with E-state index in [4.69, 9.17) is 11.5 Å². The molecule has 0 saturated heterocycles. The average Bonchev–Trinajstić information content (AvgIpc) is 2.34. The molecule has 0 aromatic heterocycles. The summed E-state index contributed by atoms with van der Waals surface area (Å²) in [6.45, 7) is 2.00. The smallest absolute Gasteiger partial charge is 0.0502 e. The lowest BCUT2D eigenvalue weighted by Gasteiger charge is -2.13. The SMILES string of the molecule is CC1(N)C=CC2=C(C=C1)CC(N)C2. The molecule has 0 unspecified atom stereocenters. The van der Waals surface area contributed by atoms with Crippen molar-refractivity contribution in [1.82, 2.24) is 0 Å². The van der Waals surface area contributed by atoms with E-state index in [-0.39, 0.29) is 5.54 Å². The van der Waals surface area contributed by atoms with Crippen LogP contribution in [0.2, 0.25) is 0 Å². The third kappa shape index (κ3) is 1.74. The molecule has 0 radical (unpaired) electrons. The Morgan fingerprint density at radius 3 is 2.15 bits per heavy atom. The zero-order valence-corrected chi connectivity index (χ0v) is 7.96. The number of nitrogens with two attached hydrogens (primary N) is 2. The largest absolute Gasteiger partial charge is 0.327 e. The molecule has 2 aliphatic carbocycles. The van der Waals surface area contributed by atoms with E-state index in [2.05, 4.69) is 12.2 Å². The Morgan fingerprint density at radius 2 is 1.69 bits per heavy atom. The molecule has 2 heteroatoms. The van der Waals surface area contributed by atoms with Gasteiger partial charge in [0.1, 0.15) is 0 Å². The number of rotatable bonds is 0. The first kappa shape index (κ1) is 8.73. The summed E-state index contributed by atoms with van der Waals surface area (Å²) >= 11 is 0. The van der Waals surface area contributed by atoms with Gasteiger partial charge in [-0.1, -0.05) is 24.3 Å². The summed E-state index contributed by atoms with van der Waals surface area (Å²) in [5.41, 5.74) is 14.3. The predicted molar refractivity (Wildman–Crippen MR) is 55.1 cm³/mol. The van der Waals surface area contributed by atoms with Gasteiger partial charge >= 0.3 is 0 Å². The summed E-state index contributed by atoms with van der Waals surface area (Å²) < 4.78 is 0. The minimum absolute atomic E-state index is 0.297. The van der Waals surface area contributed by atoms with Crippen LogP contribution in [0.25, 0.3) is 0 Å². The highest BCUT2D eigenvalue weighted by atomic mass is 14.7. The minimum atomic E-state index is -0.297. The van der Waals surface area contributed by atoms with Crippen molar-refractivity contribution < 1.29 is 0 Å². The van der Waals surface area contributed by atoms with Crippen LogP contribution in [0.3, 0.4) is 0 Å². The van der Waals surface area contributed by atoms with Crippen LogP contribution in [0.15, 0.2) is 35.5 Å². The van der Waals surface area contributed by atoms with Crippen LogP contribution in [0.5, 0.6) is 0 Å². The monoisotopic (exact) mass is 176 g/mol. The van der Waals surface area contributed by atoms with Crippen LogP contribution < -0.4 is 11.5 Å². The molecule has 0 aromatic carbocycles. The maximum absolute atomic E-state index is 5.98. The van der Waals surface area contributed by atoms with Gasteiger partial charge < -0.3 is 11.5 Å². The van der Waals surface area contributed by atoms with Gasteiger partial charge in [-0.05, 0) is 30.9 Å². The van der Waals surface area contributed by atoms with Gasteiger partial charge in [-0.3, -0.25) is 0 Å². The van der Waals surface area contributed by atoms with Crippen molar-refractivity contribution in [3.63, 3.8) is 0 Å². The molecule has 2 rings (SSSR count). The van der Waals surface area contributed by atoms with Crippen LogP contribution in [0.4, 0.5) is 0 Å². The first-order valence-corrected chi connectivity index (χ1v) is 4.72. The van der Waals surface area contributed by atoms with Gasteiger partial charge in [-0.2, -0.15) is 0 Å².